The smallest absolute Gasteiger partial charge is 0.243 e. The Hall–Kier alpha value is -0.630. The molecule has 0 atom stereocenters. The molecule has 1 aromatic carbocycles. The standard InChI is InChI=1S/C12H17BrN2O3S/c1-12(16)4-6-15(7-5-12)19(17,18)9-2-3-10(13)11(14)8-9/h2-3,8,16H,4-7,14H2,1H3. The van der Waals surface area contributed by atoms with E-state index in [9.17, 15) is 13.5 Å². The molecule has 1 aliphatic heterocycles. The quantitative estimate of drug-likeness (QED) is 0.794. The molecule has 0 bridgehead atoms. The van der Waals surface area contributed by atoms with E-state index in [4.69, 9.17) is 5.73 Å². The largest absolute Gasteiger partial charge is 0.398 e. The average molecular weight is 349 g/mol. The number of hydrogen-bond donors (Lipinski definition) is 2. The summed E-state index contributed by atoms with van der Waals surface area (Å²) in [5, 5.41) is 9.86. The third-order valence-electron chi connectivity index (χ3n) is 3.40. The average Bonchev–Trinajstić information content (AvgIpc) is 2.32. The van der Waals surface area contributed by atoms with Gasteiger partial charge in [0.15, 0.2) is 0 Å². The number of nitrogens with two attached hydrogens (primary N) is 1. The molecule has 0 saturated carbocycles. The van der Waals surface area contributed by atoms with Crippen LogP contribution in [0, 0.1) is 0 Å². The molecule has 1 fully saturated rings. The van der Waals surface area contributed by atoms with Crippen LogP contribution in [0.15, 0.2) is 27.6 Å². The Kier molecular flexibility index (Phi) is 3.92. The summed E-state index contributed by atoms with van der Waals surface area (Å²) in [6.45, 7) is 2.38. The molecular weight excluding hydrogens is 332 g/mol. The van der Waals surface area contributed by atoms with E-state index in [0.29, 0.717) is 36.1 Å². The second-order valence-electron chi connectivity index (χ2n) is 5.08. The zero-order valence-electron chi connectivity index (χ0n) is 10.6. The molecule has 106 valence electrons. The number of hydrogen-bond acceptors (Lipinski definition) is 4. The molecule has 1 heterocycles. The number of nitrogens with zero attached hydrogens (tertiary/aromatic N) is 1. The van der Waals surface area contributed by atoms with Crippen LogP contribution in [0.5, 0.6) is 0 Å². The molecule has 0 amide bonds. The first-order valence-corrected chi connectivity index (χ1v) is 8.23. The molecule has 0 aromatic heterocycles. The Morgan fingerprint density at radius 2 is 1.95 bits per heavy atom. The van der Waals surface area contributed by atoms with Crippen LogP contribution >= 0.6 is 15.9 Å². The van der Waals surface area contributed by atoms with Crippen molar-refractivity contribution in [3.05, 3.63) is 22.7 Å². The van der Waals surface area contributed by atoms with E-state index in [0.717, 1.165) is 0 Å². The second-order valence-corrected chi connectivity index (χ2v) is 7.88. The van der Waals surface area contributed by atoms with Crippen LogP contribution in [0.1, 0.15) is 19.8 Å². The van der Waals surface area contributed by atoms with Crippen molar-refractivity contribution in [2.75, 3.05) is 18.8 Å². The van der Waals surface area contributed by atoms with E-state index in [1.165, 1.54) is 16.4 Å². The number of rotatable bonds is 2. The highest BCUT2D eigenvalue weighted by molar-refractivity contribution is 9.10. The van der Waals surface area contributed by atoms with Gasteiger partial charge >= 0.3 is 0 Å². The summed E-state index contributed by atoms with van der Waals surface area (Å²) >= 11 is 3.24. The lowest BCUT2D eigenvalue weighted by atomic mass is 9.95. The van der Waals surface area contributed by atoms with E-state index in [2.05, 4.69) is 15.9 Å². The van der Waals surface area contributed by atoms with Crippen LogP contribution in [0.4, 0.5) is 5.69 Å². The predicted octanol–water partition coefficient (Wildman–Crippen LogP) is 1.57. The number of sulfonamides is 1. The predicted molar refractivity (Wildman–Crippen MR) is 77.2 cm³/mol. The van der Waals surface area contributed by atoms with Gasteiger partial charge in [-0.1, -0.05) is 0 Å². The van der Waals surface area contributed by atoms with E-state index in [1.807, 2.05) is 0 Å². The lowest BCUT2D eigenvalue weighted by Crippen LogP contribution is -2.45. The van der Waals surface area contributed by atoms with Crippen molar-refractivity contribution in [3.8, 4) is 0 Å². The van der Waals surface area contributed by atoms with Gasteiger partial charge in [-0.05, 0) is 53.9 Å². The van der Waals surface area contributed by atoms with E-state index >= 15 is 0 Å². The molecule has 19 heavy (non-hydrogen) atoms. The highest BCUT2D eigenvalue weighted by Gasteiger charge is 2.34. The highest BCUT2D eigenvalue weighted by Crippen LogP contribution is 2.28. The summed E-state index contributed by atoms with van der Waals surface area (Å²) in [7, 11) is -3.53. The zero-order chi connectivity index (χ0) is 14.3. The summed E-state index contributed by atoms with van der Waals surface area (Å²) < 4.78 is 26.9. The number of piperidine rings is 1. The van der Waals surface area contributed by atoms with Crippen molar-refractivity contribution >= 4 is 31.6 Å². The van der Waals surface area contributed by atoms with Gasteiger partial charge in [-0.25, -0.2) is 8.42 Å². The van der Waals surface area contributed by atoms with E-state index in [1.54, 1.807) is 13.0 Å². The van der Waals surface area contributed by atoms with Crippen molar-refractivity contribution in [3.63, 3.8) is 0 Å². The van der Waals surface area contributed by atoms with Gasteiger partial charge in [0, 0.05) is 23.2 Å². The van der Waals surface area contributed by atoms with Gasteiger partial charge in [-0.2, -0.15) is 4.31 Å². The molecule has 0 radical (unpaired) electrons. The Balaban J connectivity index is 2.25. The SMILES string of the molecule is CC1(O)CCN(S(=O)(=O)c2ccc(Br)c(N)c2)CC1. The van der Waals surface area contributed by atoms with E-state index in [-0.39, 0.29) is 4.90 Å². The van der Waals surface area contributed by atoms with E-state index < -0.39 is 15.6 Å². The first-order valence-electron chi connectivity index (χ1n) is 6.00. The van der Waals surface area contributed by atoms with Crippen LogP contribution in [0.2, 0.25) is 0 Å². The molecule has 5 nitrogen and oxygen atoms in total. The van der Waals surface area contributed by atoms with Crippen molar-refractivity contribution in [2.24, 2.45) is 0 Å². The van der Waals surface area contributed by atoms with Gasteiger partial charge < -0.3 is 10.8 Å². The van der Waals surface area contributed by atoms with Crippen LogP contribution in [0.25, 0.3) is 0 Å². The van der Waals surface area contributed by atoms with Crippen molar-refractivity contribution in [2.45, 2.75) is 30.3 Å². The summed E-state index contributed by atoms with van der Waals surface area (Å²) in [6.07, 6.45) is 0.885. The van der Waals surface area contributed by atoms with Crippen molar-refractivity contribution in [1.29, 1.82) is 0 Å². The molecule has 1 saturated heterocycles. The number of halogens is 1. The lowest BCUT2D eigenvalue weighted by Gasteiger charge is -2.35. The fourth-order valence-corrected chi connectivity index (χ4v) is 3.76. The van der Waals surface area contributed by atoms with Crippen LogP contribution in [-0.4, -0.2) is 36.5 Å². The molecule has 3 N–H and O–H groups in total. The molecule has 0 unspecified atom stereocenters. The van der Waals surface area contributed by atoms with Gasteiger partial charge in [0.1, 0.15) is 0 Å². The summed E-state index contributed by atoms with van der Waals surface area (Å²) in [5.41, 5.74) is 5.34. The maximum Gasteiger partial charge on any atom is 0.243 e. The fraction of sp³-hybridized carbons (Fsp3) is 0.500. The molecular formula is C12H17BrN2O3S. The Bertz CT molecular complexity index is 577. The fourth-order valence-electron chi connectivity index (χ4n) is 2.04. The maximum atomic E-state index is 12.4. The number of aliphatic hydroxyl groups is 1. The van der Waals surface area contributed by atoms with Crippen LogP contribution in [-0.2, 0) is 10.0 Å². The Morgan fingerprint density at radius 1 is 1.37 bits per heavy atom. The first kappa shape index (κ1) is 14.8. The van der Waals surface area contributed by atoms with Crippen molar-refractivity contribution in [1.82, 2.24) is 4.31 Å². The third-order valence-corrected chi connectivity index (χ3v) is 6.02. The Labute approximate surface area is 121 Å². The topological polar surface area (TPSA) is 83.6 Å². The number of anilines is 1. The molecule has 0 aliphatic carbocycles. The van der Waals surface area contributed by atoms with Crippen molar-refractivity contribution < 1.29 is 13.5 Å². The van der Waals surface area contributed by atoms with Gasteiger partial charge in [0.25, 0.3) is 0 Å². The minimum absolute atomic E-state index is 0.190. The molecule has 2 rings (SSSR count). The zero-order valence-corrected chi connectivity index (χ0v) is 13.0. The molecule has 1 aromatic rings. The third kappa shape index (κ3) is 3.10. The molecule has 0 spiro atoms. The summed E-state index contributed by atoms with van der Waals surface area (Å²) in [5.74, 6) is 0. The maximum absolute atomic E-state index is 12.4. The molecule has 7 heteroatoms. The minimum atomic E-state index is -3.53. The number of benzene rings is 1. The van der Waals surface area contributed by atoms with Gasteiger partial charge in [0.2, 0.25) is 10.0 Å². The monoisotopic (exact) mass is 348 g/mol. The van der Waals surface area contributed by atoms with Crippen LogP contribution < -0.4 is 5.73 Å². The summed E-state index contributed by atoms with van der Waals surface area (Å²) in [4.78, 5) is 0.190. The molecule has 1 aliphatic rings. The lowest BCUT2D eigenvalue weighted by molar-refractivity contribution is 0.0126. The van der Waals surface area contributed by atoms with Gasteiger partial charge in [-0.15, -0.1) is 0 Å². The Morgan fingerprint density at radius 3 is 2.47 bits per heavy atom. The number of nitrogen functional groups attached to an aromatic ring is 1. The van der Waals surface area contributed by atoms with Gasteiger partial charge in [-0.3, -0.25) is 0 Å². The normalized spacial score (nSPS) is 20.4. The van der Waals surface area contributed by atoms with Gasteiger partial charge in [0.05, 0.1) is 10.5 Å². The second kappa shape index (κ2) is 5.05. The highest BCUT2D eigenvalue weighted by atomic mass is 79.9. The minimum Gasteiger partial charge on any atom is -0.398 e. The first-order chi connectivity index (χ1) is 8.72. The van der Waals surface area contributed by atoms with Crippen LogP contribution in [0.3, 0.4) is 0 Å². The summed E-state index contributed by atoms with van der Waals surface area (Å²) in [6, 6.07) is 4.61.